The number of fused-ring (bicyclic) bond motifs is 2. The first-order chi connectivity index (χ1) is 13.6. The molecule has 0 saturated carbocycles. The number of ether oxygens (including phenoxy) is 1. The van der Waals surface area contributed by atoms with Gasteiger partial charge in [-0.05, 0) is 57.2 Å². The van der Waals surface area contributed by atoms with Crippen molar-refractivity contribution in [2.75, 3.05) is 24.6 Å². The monoisotopic (exact) mass is 394 g/mol. The molecule has 0 N–H and O–H groups in total. The van der Waals surface area contributed by atoms with E-state index < -0.39 is 0 Å². The summed E-state index contributed by atoms with van der Waals surface area (Å²) >= 11 is 1.47. The summed E-state index contributed by atoms with van der Waals surface area (Å²) in [6.07, 6.45) is 0. The molecular weight excluding hydrogens is 372 g/mol. The summed E-state index contributed by atoms with van der Waals surface area (Å²) in [5.41, 5.74) is 2.62. The van der Waals surface area contributed by atoms with E-state index in [0.29, 0.717) is 22.8 Å². The van der Waals surface area contributed by atoms with Crippen LogP contribution in [0.4, 0.5) is 5.69 Å². The van der Waals surface area contributed by atoms with Crippen LogP contribution < -0.4 is 15.3 Å². The fraction of sp³-hybridized carbons (Fsp3) is 0.273. The predicted octanol–water partition coefficient (Wildman–Crippen LogP) is 5.31. The minimum absolute atomic E-state index is 0.367. The van der Waals surface area contributed by atoms with E-state index in [1.165, 1.54) is 11.3 Å². The van der Waals surface area contributed by atoms with Gasteiger partial charge in [0.15, 0.2) is 0 Å². The zero-order chi connectivity index (χ0) is 19.7. The van der Waals surface area contributed by atoms with Gasteiger partial charge in [0.25, 0.3) is 0 Å². The lowest BCUT2D eigenvalue weighted by Crippen LogP contribution is -2.21. The molecule has 0 atom stereocenters. The zero-order valence-corrected chi connectivity index (χ0v) is 17.0. The van der Waals surface area contributed by atoms with Gasteiger partial charge < -0.3 is 14.1 Å². The molecule has 4 aromatic rings. The van der Waals surface area contributed by atoms with Crippen LogP contribution in [0.1, 0.15) is 20.8 Å². The van der Waals surface area contributed by atoms with Crippen LogP contribution in [0.15, 0.2) is 51.7 Å². The Morgan fingerprint density at radius 3 is 2.64 bits per heavy atom. The highest BCUT2D eigenvalue weighted by molar-refractivity contribution is 7.21. The quantitative estimate of drug-likeness (QED) is 0.415. The van der Waals surface area contributed by atoms with Gasteiger partial charge in [-0.3, -0.25) is 0 Å². The summed E-state index contributed by atoms with van der Waals surface area (Å²) in [4.78, 5) is 19.5. The average molecular weight is 394 g/mol. The normalized spacial score (nSPS) is 11.2. The maximum Gasteiger partial charge on any atom is 0.346 e. The fourth-order valence-electron chi connectivity index (χ4n) is 3.31. The molecule has 2 heterocycles. The van der Waals surface area contributed by atoms with E-state index in [0.717, 1.165) is 40.1 Å². The Morgan fingerprint density at radius 2 is 1.89 bits per heavy atom. The van der Waals surface area contributed by atoms with E-state index in [9.17, 15) is 4.79 Å². The van der Waals surface area contributed by atoms with Gasteiger partial charge in [0.05, 0.1) is 22.4 Å². The molecule has 28 heavy (non-hydrogen) atoms. The van der Waals surface area contributed by atoms with E-state index in [1.807, 2.05) is 43.3 Å². The molecular formula is C22H22N2O3S. The first-order valence-corrected chi connectivity index (χ1v) is 10.3. The Morgan fingerprint density at radius 1 is 1.07 bits per heavy atom. The molecule has 2 aromatic heterocycles. The second-order valence-electron chi connectivity index (χ2n) is 6.42. The summed E-state index contributed by atoms with van der Waals surface area (Å²) in [6.45, 7) is 8.59. The Labute approximate surface area is 167 Å². The van der Waals surface area contributed by atoms with Crippen molar-refractivity contribution in [1.82, 2.24) is 4.98 Å². The summed E-state index contributed by atoms with van der Waals surface area (Å²) in [6, 6.07) is 13.6. The van der Waals surface area contributed by atoms with Crippen molar-refractivity contribution >= 4 is 38.2 Å². The van der Waals surface area contributed by atoms with Gasteiger partial charge in [-0.1, -0.05) is 0 Å². The third-order valence-corrected chi connectivity index (χ3v) is 5.80. The number of hydrogen-bond donors (Lipinski definition) is 0. The van der Waals surface area contributed by atoms with Crippen LogP contribution >= 0.6 is 11.3 Å². The van der Waals surface area contributed by atoms with Crippen LogP contribution in [0, 0.1) is 0 Å². The molecule has 6 heteroatoms. The Hall–Kier alpha value is -2.86. The molecule has 5 nitrogen and oxygen atoms in total. The molecule has 0 unspecified atom stereocenters. The third-order valence-electron chi connectivity index (χ3n) is 4.75. The molecule has 0 saturated heterocycles. The number of rotatable bonds is 6. The van der Waals surface area contributed by atoms with E-state index >= 15 is 0 Å². The Balaban J connectivity index is 1.78. The van der Waals surface area contributed by atoms with E-state index in [4.69, 9.17) is 9.15 Å². The Bertz CT molecular complexity index is 1190. The summed E-state index contributed by atoms with van der Waals surface area (Å²) in [5.74, 6) is 0.805. The number of benzene rings is 2. The fourth-order valence-corrected chi connectivity index (χ4v) is 4.31. The second kappa shape index (κ2) is 7.64. The number of nitrogens with zero attached hydrogens (tertiary/aromatic N) is 2. The van der Waals surface area contributed by atoms with E-state index in [-0.39, 0.29) is 5.63 Å². The van der Waals surface area contributed by atoms with Gasteiger partial charge in [0.1, 0.15) is 16.3 Å². The van der Waals surface area contributed by atoms with Gasteiger partial charge >= 0.3 is 5.63 Å². The molecule has 0 radical (unpaired) electrons. The number of aromatic nitrogens is 1. The lowest BCUT2D eigenvalue weighted by molar-refractivity contribution is 0.341. The Kier molecular flexibility index (Phi) is 5.05. The van der Waals surface area contributed by atoms with Crippen molar-refractivity contribution in [1.29, 1.82) is 0 Å². The van der Waals surface area contributed by atoms with Gasteiger partial charge in [0, 0.05) is 30.2 Å². The molecule has 144 valence electrons. The van der Waals surface area contributed by atoms with Crippen LogP contribution in [0.5, 0.6) is 5.75 Å². The van der Waals surface area contributed by atoms with Crippen molar-refractivity contribution in [2.24, 2.45) is 0 Å². The van der Waals surface area contributed by atoms with Gasteiger partial charge in [-0.2, -0.15) is 0 Å². The highest BCUT2D eigenvalue weighted by Gasteiger charge is 2.14. The molecule has 0 aliphatic heterocycles. The van der Waals surface area contributed by atoms with Crippen molar-refractivity contribution in [3.63, 3.8) is 0 Å². The van der Waals surface area contributed by atoms with Crippen LogP contribution in [0.3, 0.4) is 0 Å². The smallest absolute Gasteiger partial charge is 0.346 e. The highest BCUT2D eigenvalue weighted by atomic mass is 32.1. The van der Waals surface area contributed by atoms with E-state index in [1.54, 1.807) is 0 Å². The number of hydrogen-bond acceptors (Lipinski definition) is 6. The number of anilines is 1. The average Bonchev–Trinajstić information content (AvgIpc) is 3.11. The molecule has 0 aliphatic carbocycles. The van der Waals surface area contributed by atoms with Gasteiger partial charge in [-0.15, -0.1) is 11.3 Å². The van der Waals surface area contributed by atoms with Gasteiger partial charge in [0.2, 0.25) is 0 Å². The second-order valence-corrected chi connectivity index (χ2v) is 7.45. The van der Waals surface area contributed by atoms with Crippen LogP contribution in [-0.2, 0) is 0 Å². The van der Waals surface area contributed by atoms with E-state index in [2.05, 4.69) is 29.8 Å². The van der Waals surface area contributed by atoms with Crippen molar-refractivity contribution in [3.05, 3.63) is 52.9 Å². The molecule has 0 aliphatic rings. The van der Waals surface area contributed by atoms with Crippen LogP contribution in [0.2, 0.25) is 0 Å². The van der Waals surface area contributed by atoms with Crippen molar-refractivity contribution in [3.8, 4) is 16.3 Å². The van der Waals surface area contributed by atoms with Crippen molar-refractivity contribution < 1.29 is 9.15 Å². The van der Waals surface area contributed by atoms with Crippen LogP contribution in [0.25, 0.3) is 31.8 Å². The van der Waals surface area contributed by atoms with Crippen LogP contribution in [-0.4, -0.2) is 24.7 Å². The maximum atomic E-state index is 12.7. The largest absolute Gasteiger partial charge is 0.494 e. The molecule has 0 bridgehead atoms. The molecule has 0 fully saturated rings. The minimum atomic E-state index is -0.367. The molecule has 4 rings (SSSR count). The lowest BCUT2D eigenvalue weighted by atomic mass is 10.1. The third kappa shape index (κ3) is 3.36. The topological polar surface area (TPSA) is 55.6 Å². The van der Waals surface area contributed by atoms with Crippen molar-refractivity contribution in [2.45, 2.75) is 20.8 Å². The van der Waals surface area contributed by atoms with Gasteiger partial charge in [-0.25, -0.2) is 9.78 Å². The lowest BCUT2D eigenvalue weighted by Gasteiger charge is -2.20. The molecule has 0 spiro atoms. The maximum absolute atomic E-state index is 12.7. The highest BCUT2D eigenvalue weighted by Crippen LogP contribution is 2.32. The predicted molar refractivity (Wildman–Crippen MR) is 116 cm³/mol. The standard InChI is InChI=1S/C22H22N2O3S/c1-4-24(5-2)15-8-7-14-11-17(22(25)27-19(14)12-15)21-23-18-10-9-16(26-6-3)13-20(18)28-21/h7-13H,4-6H2,1-3H3. The summed E-state index contributed by atoms with van der Waals surface area (Å²) in [5, 5.41) is 1.55. The first kappa shape index (κ1) is 18.5. The molecule has 0 amide bonds. The molecule has 2 aromatic carbocycles. The minimum Gasteiger partial charge on any atom is -0.494 e. The summed E-state index contributed by atoms with van der Waals surface area (Å²) in [7, 11) is 0. The summed E-state index contributed by atoms with van der Waals surface area (Å²) < 4.78 is 12.2. The number of thiazole rings is 1. The zero-order valence-electron chi connectivity index (χ0n) is 16.2. The SMILES string of the molecule is CCOc1ccc2nc(-c3cc4ccc(N(CC)CC)cc4oc3=O)sc2c1. The first-order valence-electron chi connectivity index (χ1n) is 9.49.